The highest BCUT2D eigenvalue weighted by molar-refractivity contribution is 7.85. The Morgan fingerprint density at radius 2 is 0.929 bits per heavy atom. The topological polar surface area (TPSA) is 68.6 Å². The van der Waals surface area contributed by atoms with Crippen LogP contribution in [0.1, 0.15) is 0 Å². The first-order valence-corrected chi connectivity index (χ1v) is 15.5. The lowest BCUT2D eigenvalue weighted by molar-refractivity contribution is 0.591. The summed E-state index contributed by atoms with van der Waals surface area (Å²) in [6.07, 6.45) is 3.48. The molecule has 0 unspecified atom stereocenters. The first kappa shape index (κ1) is 24.5. The number of aromatic nitrogens is 4. The summed E-state index contributed by atoms with van der Waals surface area (Å²) >= 11 is 0. The van der Waals surface area contributed by atoms with Crippen LogP contribution >= 0.6 is 7.14 Å². The lowest BCUT2D eigenvalue weighted by atomic mass is 9.94. The summed E-state index contributed by atoms with van der Waals surface area (Å²) in [5, 5.41) is 7.34. The summed E-state index contributed by atoms with van der Waals surface area (Å²) in [5.41, 5.74) is 3.68. The van der Waals surface area contributed by atoms with E-state index in [1.807, 2.05) is 78.9 Å². The average Bonchev–Trinajstić information content (AvgIpc) is 3.08. The fourth-order valence-corrected chi connectivity index (χ4v) is 8.50. The van der Waals surface area contributed by atoms with Gasteiger partial charge in [-0.1, -0.05) is 72.8 Å². The molecule has 0 saturated carbocycles. The molecule has 198 valence electrons. The normalized spacial score (nSPS) is 11.9. The SMILES string of the molecule is O=P(c1cccc(-c2ccccn2)n1)(c1cccc(-c2ccccn2)n1)c1ccc2ccc3cccc4ccc1c2c34. The molecule has 0 bridgehead atoms. The van der Waals surface area contributed by atoms with Crippen LogP contribution in [0.5, 0.6) is 0 Å². The molecule has 6 heteroatoms. The number of hydrogen-bond acceptors (Lipinski definition) is 5. The van der Waals surface area contributed by atoms with Crippen LogP contribution in [-0.2, 0) is 4.57 Å². The van der Waals surface area contributed by atoms with Gasteiger partial charge in [0, 0.05) is 17.7 Å². The predicted molar refractivity (Wildman–Crippen MR) is 172 cm³/mol. The Kier molecular flexibility index (Phi) is 5.66. The van der Waals surface area contributed by atoms with Crippen molar-refractivity contribution in [3.05, 3.63) is 140 Å². The Hall–Kier alpha value is -5.25. The molecule has 4 heterocycles. The van der Waals surface area contributed by atoms with E-state index in [9.17, 15) is 0 Å². The fourth-order valence-electron chi connectivity index (χ4n) is 5.87. The van der Waals surface area contributed by atoms with Gasteiger partial charge in [0.15, 0.2) is 0 Å². The maximum absolute atomic E-state index is 16.0. The summed E-state index contributed by atoms with van der Waals surface area (Å²) < 4.78 is 16.0. The highest BCUT2D eigenvalue weighted by Gasteiger charge is 2.35. The highest BCUT2D eigenvalue weighted by atomic mass is 31.2. The second-order valence-electron chi connectivity index (χ2n) is 10.2. The van der Waals surface area contributed by atoms with Crippen LogP contribution in [0.2, 0.25) is 0 Å². The molecule has 0 radical (unpaired) electrons. The first-order chi connectivity index (χ1) is 20.7. The maximum atomic E-state index is 16.0. The number of hydrogen-bond donors (Lipinski definition) is 0. The van der Waals surface area contributed by atoms with Crippen LogP contribution < -0.4 is 16.2 Å². The summed E-state index contributed by atoms with van der Waals surface area (Å²) in [4.78, 5) is 19.0. The third-order valence-corrected chi connectivity index (χ3v) is 10.7. The number of pyridine rings is 4. The molecule has 4 aromatic carbocycles. The molecule has 0 spiro atoms. The molecule has 0 saturated heterocycles. The second-order valence-corrected chi connectivity index (χ2v) is 12.9. The van der Waals surface area contributed by atoms with Gasteiger partial charge >= 0.3 is 0 Å². The fraction of sp³-hybridized carbons (Fsp3) is 0. The van der Waals surface area contributed by atoms with E-state index in [1.165, 1.54) is 5.39 Å². The molecule has 0 aliphatic rings. The maximum Gasteiger partial charge on any atom is 0.206 e. The molecule has 0 aliphatic carbocycles. The van der Waals surface area contributed by atoms with E-state index in [-0.39, 0.29) is 0 Å². The van der Waals surface area contributed by atoms with E-state index in [2.05, 4.69) is 58.5 Å². The van der Waals surface area contributed by atoms with Crippen LogP contribution in [0.4, 0.5) is 0 Å². The standard InChI is InChI=1S/C36H23N4OP/c41-42(33-14-6-12-30(39-33)28-10-1-3-22-37-28,34-15-7-13-31(40-34)29-11-2-4-23-38-29)32-21-19-26-17-16-24-8-5-9-25-18-20-27(32)36(26)35(24)25/h1-23H. The van der Waals surface area contributed by atoms with Gasteiger partial charge in [-0.25, -0.2) is 9.97 Å². The van der Waals surface area contributed by atoms with Gasteiger partial charge in [-0.15, -0.1) is 0 Å². The third-order valence-electron chi connectivity index (χ3n) is 7.81. The lowest BCUT2D eigenvalue weighted by Gasteiger charge is -2.22. The first-order valence-electron chi connectivity index (χ1n) is 13.8. The summed E-state index contributed by atoms with van der Waals surface area (Å²) in [6, 6.07) is 41.6. The van der Waals surface area contributed by atoms with Gasteiger partial charge in [0.2, 0.25) is 7.14 Å². The van der Waals surface area contributed by atoms with Crippen molar-refractivity contribution in [2.24, 2.45) is 0 Å². The Balaban J connectivity index is 1.45. The van der Waals surface area contributed by atoms with Crippen molar-refractivity contribution in [3.63, 3.8) is 0 Å². The van der Waals surface area contributed by atoms with Gasteiger partial charge in [-0.3, -0.25) is 9.97 Å². The second kappa shape index (κ2) is 9.69. The summed E-state index contributed by atoms with van der Waals surface area (Å²) in [5.74, 6) is 0. The van der Waals surface area contributed by atoms with E-state index in [4.69, 9.17) is 9.97 Å². The molecule has 4 aromatic heterocycles. The molecule has 42 heavy (non-hydrogen) atoms. The molecule has 8 rings (SSSR count). The molecule has 0 aliphatic heterocycles. The minimum atomic E-state index is -3.61. The average molecular weight is 559 g/mol. The van der Waals surface area contributed by atoms with Crippen molar-refractivity contribution in [2.75, 3.05) is 0 Å². The zero-order valence-corrected chi connectivity index (χ0v) is 23.3. The van der Waals surface area contributed by atoms with Crippen LogP contribution in [0.3, 0.4) is 0 Å². The number of nitrogens with zero attached hydrogens (tertiary/aromatic N) is 4. The van der Waals surface area contributed by atoms with Crippen molar-refractivity contribution in [3.8, 4) is 22.8 Å². The Morgan fingerprint density at radius 3 is 1.50 bits per heavy atom. The van der Waals surface area contributed by atoms with Crippen molar-refractivity contribution >= 4 is 55.6 Å². The molecule has 0 atom stereocenters. The zero-order valence-electron chi connectivity index (χ0n) is 22.4. The summed E-state index contributed by atoms with van der Waals surface area (Å²) in [7, 11) is -3.61. The lowest BCUT2D eigenvalue weighted by Crippen LogP contribution is -2.29. The zero-order chi connectivity index (χ0) is 28.1. The third kappa shape index (κ3) is 3.82. The smallest absolute Gasteiger partial charge is 0.206 e. The van der Waals surface area contributed by atoms with E-state index >= 15 is 4.57 Å². The highest BCUT2D eigenvalue weighted by Crippen LogP contribution is 2.46. The number of benzene rings is 4. The van der Waals surface area contributed by atoms with E-state index in [0.717, 1.165) is 38.3 Å². The molecule has 0 N–H and O–H groups in total. The molecule has 8 aromatic rings. The Bertz CT molecular complexity index is 2180. The Labute approximate surface area is 242 Å². The largest absolute Gasteiger partial charge is 0.305 e. The molecular formula is C36H23N4OP. The van der Waals surface area contributed by atoms with Gasteiger partial charge < -0.3 is 4.57 Å². The van der Waals surface area contributed by atoms with Gasteiger partial charge in [-0.2, -0.15) is 0 Å². The molecule has 0 amide bonds. The van der Waals surface area contributed by atoms with Crippen molar-refractivity contribution in [2.45, 2.75) is 0 Å². The van der Waals surface area contributed by atoms with Gasteiger partial charge in [0.25, 0.3) is 0 Å². The minimum absolute atomic E-state index is 0.464. The quantitative estimate of drug-likeness (QED) is 0.166. The summed E-state index contributed by atoms with van der Waals surface area (Å²) in [6.45, 7) is 0. The van der Waals surface area contributed by atoms with Crippen LogP contribution in [0.15, 0.2) is 140 Å². The van der Waals surface area contributed by atoms with Crippen molar-refractivity contribution in [1.82, 2.24) is 19.9 Å². The molecule has 5 nitrogen and oxygen atoms in total. The van der Waals surface area contributed by atoms with E-state index in [0.29, 0.717) is 27.6 Å². The van der Waals surface area contributed by atoms with Crippen molar-refractivity contribution in [1.29, 1.82) is 0 Å². The van der Waals surface area contributed by atoms with Gasteiger partial charge in [-0.05, 0) is 86.9 Å². The van der Waals surface area contributed by atoms with Gasteiger partial charge in [0.1, 0.15) is 10.9 Å². The van der Waals surface area contributed by atoms with Crippen LogP contribution in [-0.4, -0.2) is 19.9 Å². The molecular weight excluding hydrogens is 535 g/mol. The Morgan fingerprint density at radius 1 is 0.429 bits per heavy atom. The van der Waals surface area contributed by atoms with Gasteiger partial charge in [0.05, 0.1) is 22.8 Å². The van der Waals surface area contributed by atoms with Crippen molar-refractivity contribution < 1.29 is 4.57 Å². The predicted octanol–water partition coefficient (Wildman–Crippen LogP) is 7.14. The minimum Gasteiger partial charge on any atom is -0.305 e. The molecule has 0 fully saturated rings. The number of rotatable bonds is 5. The van der Waals surface area contributed by atoms with Crippen LogP contribution in [0, 0.1) is 0 Å². The van der Waals surface area contributed by atoms with E-state index < -0.39 is 7.14 Å². The monoisotopic (exact) mass is 558 g/mol. The van der Waals surface area contributed by atoms with E-state index in [1.54, 1.807) is 12.4 Å². The van der Waals surface area contributed by atoms with Crippen LogP contribution in [0.25, 0.3) is 55.1 Å².